The van der Waals surface area contributed by atoms with Crippen molar-refractivity contribution >= 4 is 6.03 Å². The first-order valence-corrected chi connectivity index (χ1v) is 8.30. The quantitative estimate of drug-likeness (QED) is 0.691. The number of nitrogens with one attached hydrogen (secondary N) is 2. The Balaban J connectivity index is 1.70. The lowest BCUT2D eigenvalue weighted by Gasteiger charge is -2.18. The van der Waals surface area contributed by atoms with Crippen LogP contribution in [-0.4, -0.2) is 30.3 Å². The van der Waals surface area contributed by atoms with E-state index in [1.807, 2.05) is 18.2 Å². The summed E-state index contributed by atoms with van der Waals surface area (Å²) in [5.41, 5.74) is 1.30. The van der Waals surface area contributed by atoms with Crippen molar-refractivity contribution in [1.82, 2.24) is 10.6 Å². The van der Waals surface area contributed by atoms with Crippen LogP contribution in [0.25, 0.3) is 0 Å². The highest BCUT2D eigenvalue weighted by Crippen LogP contribution is 2.40. The summed E-state index contributed by atoms with van der Waals surface area (Å²) >= 11 is 0. The van der Waals surface area contributed by atoms with Crippen molar-refractivity contribution in [3.8, 4) is 0 Å². The normalized spacial score (nSPS) is 21.5. The first-order valence-electron chi connectivity index (χ1n) is 8.30. The van der Waals surface area contributed by atoms with E-state index >= 15 is 0 Å². The van der Waals surface area contributed by atoms with Crippen molar-refractivity contribution < 1.29 is 9.90 Å². The molecule has 2 amide bonds. The molecule has 2 rings (SSSR count). The molecule has 1 aromatic carbocycles. The van der Waals surface area contributed by atoms with Crippen LogP contribution in [0.1, 0.15) is 44.6 Å². The SMILES string of the molecule is CC(C)CC(CCO)CNC(=O)NC1CC1c1ccccc1. The Bertz CT molecular complexity index is 461. The van der Waals surface area contributed by atoms with Crippen molar-refractivity contribution in [2.75, 3.05) is 13.2 Å². The first kappa shape index (κ1) is 16.8. The molecule has 0 saturated heterocycles. The second-order valence-electron chi connectivity index (χ2n) is 6.72. The smallest absolute Gasteiger partial charge is 0.315 e. The second kappa shape index (κ2) is 8.18. The lowest BCUT2D eigenvalue weighted by atomic mass is 9.94. The minimum Gasteiger partial charge on any atom is -0.396 e. The largest absolute Gasteiger partial charge is 0.396 e. The van der Waals surface area contributed by atoms with Gasteiger partial charge in [0.1, 0.15) is 0 Å². The molecule has 1 saturated carbocycles. The fourth-order valence-corrected chi connectivity index (χ4v) is 3.03. The molecule has 1 aliphatic rings. The van der Waals surface area contributed by atoms with Gasteiger partial charge in [-0.25, -0.2) is 4.79 Å². The Morgan fingerprint density at radius 2 is 2.05 bits per heavy atom. The van der Waals surface area contributed by atoms with Crippen LogP contribution in [0.4, 0.5) is 4.79 Å². The predicted octanol–water partition coefficient (Wildman–Crippen LogP) is 2.89. The summed E-state index contributed by atoms with van der Waals surface area (Å²) < 4.78 is 0. The molecule has 4 heteroatoms. The highest BCUT2D eigenvalue weighted by Gasteiger charge is 2.39. The molecule has 22 heavy (non-hydrogen) atoms. The van der Waals surface area contributed by atoms with Gasteiger partial charge < -0.3 is 15.7 Å². The number of hydrogen-bond donors (Lipinski definition) is 3. The Labute approximate surface area is 133 Å². The average molecular weight is 304 g/mol. The molecule has 1 aromatic rings. The van der Waals surface area contributed by atoms with E-state index in [-0.39, 0.29) is 18.7 Å². The van der Waals surface area contributed by atoms with E-state index in [4.69, 9.17) is 5.11 Å². The van der Waals surface area contributed by atoms with Gasteiger partial charge in [-0.15, -0.1) is 0 Å². The van der Waals surface area contributed by atoms with E-state index in [2.05, 4.69) is 36.6 Å². The van der Waals surface area contributed by atoms with Crippen LogP contribution >= 0.6 is 0 Å². The van der Waals surface area contributed by atoms with Crippen molar-refractivity contribution in [3.63, 3.8) is 0 Å². The van der Waals surface area contributed by atoms with Gasteiger partial charge in [-0.1, -0.05) is 44.2 Å². The molecule has 4 nitrogen and oxygen atoms in total. The molecule has 1 aliphatic carbocycles. The zero-order valence-corrected chi connectivity index (χ0v) is 13.6. The molecule has 122 valence electrons. The molecule has 0 radical (unpaired) electrons. The first-order chi connectivity index (χ1) is 10.6. The van der Waals surface area contributed by atoms with Gasteiger partial charge in [-0.2, -0.15) is 0 Å². The third kappa shape index (κ3) is 5.34. The molecular weight excluding hydrogens is 276 g/mol. The highest BCUT2D eigenvalue weighted by molar-refractivity contribution is 5.74. The molecule has 3 unspecified atom stereocenters. The van der Waals surface area contributed by atoms with Gasteiger partial charge in [0.15, 0.2) is 0 Å². The number of hydrogen-bond acceptors (Lipinski definition) is 2. The van der Waals surface area contributed by atoms with E-state index in [1.165, 1.54) is 5.56 Å². The van der Waals surface area contributed by atoms with Gasteiger partial charge in [0.2, 0.25) is 0 Å². The standard InChI is InChI=1S/C18H28N2O2/c1-13(2)10-14(8-9-21)12-19-18(22)20-17-11-16(17)15-6-4-3-5-7-15/h3-7,13-14,16-17,21H,8-12H2,1-2H3,(H2,19,20,22). The highest BCUT2D eigenvalue weighted by atomic mass is 16.3. The van der Waals surface area contributed by atoms with Crippen LogP contribution in [0.5, 0.6) is 0 Å². The Hall–Kier alpha value is -1.55. The van der Waals surface area contributed by atoms with Gasteiger partial charge in [-0.05, 0) is 36.7 Å². The number of carbonyl (C=O) groups excluding carboxylic acids is 1. The molecule has 1 fully saturated rings. The minimum atomic E-state index is -0.0878. The maximum absolute atomic E-state index is 12.0. The molecule has 0 aliphatic heterocycles. The van der Waals surface area contributed by atoms with Crippen molar-refractivity contribution in [2.45, 2.75) is 45.1 Å². The average Bonchev–Trinajstić information content (AvgIpc) is 3.24. The van der Waals surface area contributed by atoms with Gasteiger partial charge in [0, 0.05) is 25.1 Å². The summed E-state index contributed by atoms with van der Waals surface area (Å²) in [5.74, 6) is 1.38. The van der Waals surface area contributed by atoms with Crippen LogP contribution < -0.4 is 10.6 Å². The molecule has 0 heterocycles. The maximum atomic E-state index is 12.0. The Morgan fingerprint density at radius 1 is 1.32 bits per heavy atom. The van der Waals surface area contributed by atoms with Crippen molar-refractivity contribution in [2.24, 2.45) is 11.8 Å². The molecule has 0 aromatic heterocycles. The number of aliphatic hydroxyl groups excluding tert-OH is 1. The van der Waals surface area contributed by atoms with Crippen molar-refractivity contribution in [1.29, 1.82) is 0 Å². The topological polar surface area (TPSA) is 61.4 Å². The summed E-state index contributed by atoms with van der Waals surface area (Å²) in [6, 6.07) is 10.5. The van der Waals surface area contributed by atoms with E-state index in [0.717, 1.165) is 19.3 Å². The molecular formula is C18H28N2O2. The molecule has 0 spiro atoms. The van der Waals surface area contributed by atoms with E-state index in [1.54, 1.807) is 0 Å². The van der Waals surface area contributed by atoms with Crippen molar-refractivity contribution in [3.05, 3.63) is 35.9 Å². The maximum Gasteiger partial charge on any atom is 0.315 e. The van der Waals surface area contributed by atoms with E-state index in [0.29, 0.717) is 24.3 Å². The van der Waals surface area contributed by atoms with Gasteiger partial charge in [-0.3, -0.25) is 0 Å². The van der Waals surface area contributed by atoms with Crippen LogP contribution in [0.15, 0.2) is 30.3 Å². The van der Waals surface area contributed by atoms with Gasteiger partial charge in [0.05, 0.1) is 0 Å². The number of aliphatic hydroxyl groups is 1. The van der Waals surface area contributed by atoms with E-state index < -0.39 is 0 Å². The number of urea groups is 1. The fourth-order valence-electron chi connectivity index (χ4n) is 3.03. The zero-order valence-electron chi connectivity index (χ0n) is 13.6. The van der Waals surface area contributed by atoms with Gasteiger partial charge >= 0.3 is 6.03 Å². The Kier molecular flexibility index (Phi) is 6.25. The molecule has 3 N–H and O–H groups in total. The number of rotatable bonds is 8. The third-order valence-corrected chi connectivity index (χ3v) is 4.23. The Morgan fingerprint density at radius 3 is 2.68 bits per heavy atom. The van der Waals surface area contributed by atoms with Crippen LogP contribution in [0.3, 0.4) is 0 Å². The molecule has 0 bridgehead atoms. The summed E-state index contributed by atoms with van der Waals surface area (Å²) in [6.07, 6.45) is 2.79. The van der Waals surface area contributed by atoms with Crippen LogP contribution in [0, 0.1) is 11.8 Å². The lowest BCUT2D eigenvalue weighted by Crippen LogP contribution is -2.40. The lowest BCUT2D eigenvalue weighted by molar-refractivity contribution is 0.224. The monoisotopic (exact) mass is 304 g/mol. The summed E-state index contributed by atoms with van der Waals surface area (Å²) in [5, 5.41) is 15.1. The van der Waals surface area contributed by atoms with E-state index in [9.17, 15) is 4.79 Å². The summed E-state index contributed by atoms with van der Waals surface area (Å²) in [6.45, 7) is 5.14. The number of carbonyl (C=O) groups is 1. The minimum absolute atomic E-state index is 0.0878. The fraction of sp³-hybridized carbons (Fsp3) is 0.611. The zero-order chi connectivity index (χ0) is 15.9. The second-order valence-corrected chi connectivity index (χ2v) is 6.72. The predicted molar refractivity (Wildman–Crippen MR) is 88.8 cm³/mol. The van der Waals surface area contributed by atoms with Gasteiger partial charge in [0.25, 0.3) is 0 Å². The molecule has 3 atom stereocenters. The number of amides is 2. The van der Waals surface area contributed by atoms with Crippen LogP contribution in [-0.2, 0) is 0 Å². The summed E-state index contributed by atoms with van der Waals surface area (Å²) in [4.78, 5) is 12.0. The summed E-state index contributed by atoms with van der Waals surface area (Å²) in [7, 11) is 0. The third-order valence-electron chi connectivity index (χ3n) is 4.23. The number of benzene rings is 1. The van der Waals surface area contributed by atoms with Crippen LogP contribution in [0.2, 0.25) is 0 Å².